The third kappa shape index (κ3) is 1.63. The van der Waals surface area contributed by atoms with Gasteiger partial charge in [-0.25, -0.2) is 4.98 Å². The van der Waals surface area contributed by atoms with Crippen molar-refractivity contribution in [1.82, 2.24) is 9.55 Å². The SMILES string of the molecule is Cc1cn(C(C)C)c2nc(-c3ccco3)ccc12. The van der Waals surface area contributed by atoms with Crippen LogP contribution in [-0.2, 0) is 0 Å². The van der Waals surface area contributed by atoms with Gasteiger partial charge in [-0.2, -0.15) is 0 Å². The van der Waals surface area contributed by atoms with Crippen LogP contribution in [0.1, 0.15) is 25.5 Å². The highest BCUT2D eigenvalue weighted by atomic mass is 16.3. The fourth-order valence-corrected chi connectivity index (χ4v) is 2.25. The Morgan fingerprint density at radius 1 is 1.22 bits per heavy atom. The van der Waals surface area contributed by atoms with Crippen LogP contribution in [0.3, 0.4) is 0 Å². The Labute approximate surface area is 106 Å². The van der Waals surface area contributed by atoms with Crippen LogP contribution in [0.25, 0.3) is 22.5 Å². The number of rotatable bonds is 2. The Kier molecular flexibility index (Phi) is 2.47. The van der Waals surface area contributed by atoms with Crippen molar-refractivity contribution in [3.63, 3.8) is 0 Å². The standard InChI is InChI=1S/C15H16N2O/c1-10(2)17-9-11(3)12-6-7-13(16-15(12)17)14-5-4-8-18-14/h4-10H,1-3H3. The molecular formula is C15H16N2O. The Morgan fingerprint density at radius 3 is 2.72 bits per heavy atom. The van der Waals surface area contributed by atoms with Crippen LogP contribution in [0.2, 0.25) is 0 Å². The lowest BCUT2D eigenvalue weighted by molar-refractivity contribution is 0.579. The van der Waals surface area contributed by atoms with Gasteiger partial charge in [0.1, 0.15) is 11.3 Å². The van der Waals surface area contributed by atoms with Crippen LogP contribution in [-0.4, -0.2) is 9.55 Å². The molecule has 0 bridgehead atoms. The summed E-state index contributed by atoms with van der Waals surface area (Å²) >= 11 is 0. The molecule has 3 nitrogen and oxygen atoms in total. The van der Waals surface area contributed by atoms with Crippen LogP contribution in [0.4, 0.5) is 0 Å². The highest BCUT2D eigenvalue weighted by Crippen LogP contribution is 2.26. The van der Waals surface area contributed by atoms with Crippen molar-refractivity contribution in [1.29, 1.82) is 0 Å². The summed E-state index contributed by atoms with van der Waals surface area (Å²) in [5, 5.41) is 1.21. The number of furan rings is 1. The number of nitrogens with zero attached hydrogens (tertiary/aromatic N) is 2. The van der Waals surface area contributed by atoms with Gasteiger partial charge in [0.15, 0.2) is 5.76 Å². The fourth-order valence-electron chi connectivity index (χ4n) is 2.25. The predicted octanol–water partition coefficient (Wildman–Crippen LogP) is 4.19. The predicted molar refractivity (Wildman–Crippen MR) is 72.6 cm³/mol. The molecule has 0 aliphatic carbocycles. The fraction of sp³-hybridized carbons (Fsp3) is 0.267. The number of hydrogen-bond acceptors (Lipinski definition) is 2. The molecule has 3 aromatic rings. The van der Waals surface area contributed by atoms with Gasteiger partial charge in [0.25, 0.3) is 0 Å². The Morgan fingerprint density at radius 2 is 2.06 bits per heavy atom. The molecule has 3 heterocycles. The summed E-state index contributed by atoms with van der Waals surface area (Å²) in [6.07, 6.45) is 3.84. The van der Waals surface area contributed by atoms with Crippen molar-refractivity contribution < 1.29 is 4.42 Å². The van der Waals surface area contributed by atoms with Gasteiger partial charge in [0, 0.05) is 17.6 Å². The summed E-state index contributed by atoms with van der Waals surface area (Å²) in [6.45, 7) is 6.45. The largest absolute Gasteiger partial charge is 0.463 e. The normalized spacial score (nSPS) is 11.6. The summed E-state index contributed by atoms with van der Waals surface area (Å²) < 4.78 is 7.61. The van der Waals surface area contributed by atoms with Crippen molar-refractivity contribution in [3.8, 4) is 11.5 Å². The van der Waals surface area contributed by atoms with E-state index in [0.29, 0.717) is 6.04 Å². The highest BCUT2D eigenvalue weighted by molar-refractivity contribution is 5.82. The zero-order valence-electron chi connectivity index (χ0n) is 10.8. The molecular weight excluding hydrogens is 224 g/mol. The molecule has 3 aromatic heterocycles. The van der Waals surface area contributed by atoms with Crippen LogP contribution in [0.5, 0.6) is 0 Å². The van der Waals surface area contributed by atoms with E-state index in [1.807, 2.05) is 18.2 Å². The van der Waals surface area contributed by atoms with Gasteiger partial charge in [-0.15, -0.1) is 0 Å². The van der Waals surface area contributed by atoms with Gasteiger partial charge in [-0.3, -0.25) is 0 Å². The van der Waals surface area contributed by atoms with Gasteiger partial charge in [0.2, 0.25) is 0 Å². The van der Waals surface area contributed by atoms with Gasteiger partial charge in [0.05, 0.1) is 6.26 Å². The molecule has 0 amide bonds. The first-order chi connectivity index (χ1) is 8.66. The number of hydrogen-bond donors (Lipinski definition) is 0. The van der Waals surface area contributed by atoms with Gasteiger partial charge in [-0.1, -0.05) is 0 Å². The summed E-state index contributed by atoms with van der Waals surface area (Å²) in [4.78, 5) is 4.73. The number of fused-ring (bicyclic) bond motifs is 1. The molecule has 0 N–H and O–H groups in total. The molecule has 3 heteroatoms. The maximum absolute atomic E-state index is 5.40. The van der Waals surface area contributed by atoms with E-state index >= 15 is 0 Å². The van der Waals surface area contributed by atoms with E-state index in [2.05, 4.69) is 37.6 Å². The molecule has 18 heavy (non-hydrogen) atoms. The third-order valence-electron chi connectivity index (χ3n) is 3.21. The van der Waals surface area contributed by atoms with Crippen LogP contribution >= 0.6 is 0 Å². The number of pyridine rings is 1. The number of aryl methyl sites for hydroxylation is 1. The quantitative estimate of drug-likeness (QED) is 0.672. The second-order valence-electron chi connectivity index (χ2n) is 4.86. The molecule has 0 aliphatic heterocycles. The monoisotopic (exact) mass is 240 g/mol. The maximum atomic E-state index is 5.40. The Hall–Kier alpha value is -2.03. The third-order valence-corrected chi connectivity index (χ3v) is 3.21. The zero-order valence-corrected chi connectivity index (χ0v) is 10.8. The molecule has 0 saturated heterocycles. The lowest BCUT2D eigenvalue weighted by Gasteiger charge is -2.08. The Bertz CT molecular complexity index is 678. The van der Waals surface area contributed by atoms with E-state index in [1.165, 1.54) is 10.9 Å². The van der Waals surface area contributed by atoms with E-state index in [-0.39, 0.29) is 0 Å². The van der Waals surface area contributed by atoms with Crippen LogP contribution < -0.4 is 0 Å². The average Bonchev–Trinajstić information content (AvgIpc) is 2.97. The molecule has 0 aliphatic rings. The summed E-state index contributed by atoms with van der Waals surface area (Å²) in [5.41, 5.74) is 3.17. The maximum Gasteiger partial charge on any atom is 0.152 e. The van der Waals surface area contributed by atoms with Crippen LogP contribution in [0.15, 0.2) is 41.1 Å². The average molecular weight is 240 g/mol. The first-order valence-electron chi connectivity index (χ1n) is 6.19. The smallest absolute Gasteiger partial charge is 0.152 e. The highest BCUT2D eigenvalue weighted by Gasteiger charge is 2.11. The summed E-state index contributed by atoms with van der Waals surface area (Å²) in [6, 6.07) is 8.35. The van der Waals surface area contributed by atoms with Gasteiger partial charge in [-0.05, 0) is 50.6 Å². The molecule has 0 fully saturated rings. The van der Waals surface area contributed by atoms with Crippen molar-refractivity contribution in [2.75, 3.05) is 0 Å². The summed E-state index contributed by atoms with van der Waals surface area (Å²) in [5.74, 6) is 0.811. The molecule has 3 rings (SSSR count). The lowest BCUT2D eigenvalue weighted by Crippen LogP contribution is -2.00. The lowest BCUT2D eigenvalue weighted by atomic mass is 10.2. The molecule has 0 saturated carbocycles. The van der Waals surface area contributed by atoms with Crippen molar-refractivity contribution >= 4 is 11.0 Å². The first-order valence-corrected chi connectivity index (χ1v) is 6.19. The van der Waals surface area contributed by atoms with E-state index in [4.69, 9.17) is 9.40 Å². The van der Waals surface area contributed by atoms with Gasteiger partial charge >= 0.3 is 0 Å². The van der Waals surface area contributed by atoms with Gasteiger partial charge < -0.3 is 8.98 Å². The zero-order chi connectivity index (χ0) is 12.7. The second-order valence-corrected chi connectivity index (χ2v) is 4.86. The van der Waals surface area contributed by atoms with Crippen molar-refractivity contribution in [3.05, 3.63) is 42.3 Å². The first kappa shape index (κ1) is 11.1. The minimum absolute atomic E-state index is 0.403. The summed E-state index contributed by atoms with van der Waals surface area (Å²) in [7, 11) is 0. The number of aromatic nitrogens is 2. The molecule has 0 unspecified atom stereocenters. The van der Waals surface area contributed by atoms with Crippen molar-refractivity contribution in [2.45, 2.75) is 26.8 Å². The molecule has 0 radical (unpaired) electrons. The minimum Gasteiger partial charge on any atom is -0.463 e. The molecule has 0 aromatic carbocycles. The topological polar surface area (TPSA) is 31.0 Å². The van der Waals surface area contributed by atoms with E-state index in [0.717, 1.165) is 17.1 Å². The molecule has 0 spiro atoms. The molecule has 0 atom stereocenters. The molecule has 92 valence electrons. The van der Waals surface area contributed by atoms with Crippen LogP contribution in [0, 0.1) is 6.92 Å². The minimum atomic E-state index is 0.403. The van der Waals surface area contributed by atoms with E-state index in [1.54, 1.807) is 6.26 Å². The van der Waals surface area contributed by atoms with E-state index in [9.17, 15) is 0 Å². The second kappa shape index (κ2) is 4.02. The van der Waals surface area contributed by atoms with E-state index < -0.39 is 0 Å². The Balaban J connectivity index is 2.25. The van der Waals surface area contributed by atoms with Crippen molar-refractivity contribution in [2.24, 2.45) is 0 Å².